The SMILES string of the molecule is C[C@@H]1CC(C)(C)N(C)c2ccc(/C=N\NC(=O)c3ccccc3-n3cccc3)cc21. The number of carbonyl (C=O) groups is 1. The van der Waals surface area contributed by atoms with Gasteiger partial charge < -0.3 is 9.47 Å². The van der Waals surface area contributed by atoms with Crippen molar-refractivity contribution in [3.63, 3.8) is 0 Å². The molecule has 1 N–H and O–H groups in total. The number of rotatable bonds is 4. The first-order valence-electron chi connectivity index (χ1n) is 10.3. The van der Waals surface area contributed by atoms with E-state index in [-0.39, 0.29) is 11.4 Å². The zero-order valence-corrected chi connectivity index (χ0v) is 18.0. The summed E-state index contributed by atoms with van der Waals surface area (Å²) >= 11 is 0. The molecule has 4 rings (SSSR count). The van der Waals surface area contributed by atoms with E-state index in [2.05, 4.69) is 55.4 Å². The molecule has 1 atom stereocenters. The number of benzene rings is 2. The molecule has 0 bridgehead atoms. The number of anilines is 1. The lowest BCUT2D eigenvalue weighted by Crippen LogP contribution is -2.45. The molecule has 5 nitrogen and oxygen atoms in total. The number of nitrogens with one attached hydrogen (secondary N) is 1. The fourth-order valence-corrected chi connectivity index (χ4v) is 4.29. The van der Waals surface area contributed by atoms with Gasteiger partial charge in [-0.05, 0) is 73.7 Å². The molecule has 0 saturated carbocycles. The molecule has 30 heavy (non-hydrogen) atoms. The van der Waals surface area contributed by atoms with Gasteiger partial charge in [0.15, 0.2) is 0 Å². The van der Waals surface area contributed by atoms with E-state index >= 15 is 0 Å². The molecule has 1 amide bonds. The van der Waals surface area contributed by atoms with Crippen LogP contribution in [0.5, 0.6) is 0 Å². The third kappa shape index (κ3) is 3.75. The van der Waals surface area contributed by atoms with Gasteiger partial charge in [0.05, 0.1) is 17.5 Å². The maximum Gasteiger partial charge on any atom is 0.273 e. The predicted octanol–water partition coefficient (Wildman–Crippen LogP) is 4.96. The van der Waals surface area contributed by atoms with E-state index in [0.29, 0.717) is 11.5 Å². The number of carbonyl (C=O) groups excluding carboxylic acids is 1. The molecule has 1 aliphatic heterocycles. The lowest BCUT2D eigenvalue weighted by atomic mass is 9.80. The van der Waals surface area contributed by atoms with Crippen LogP contribution in [0, 0.1) is 0 Å². The molecular weight excluding hydrogens is 372 g/mol. The van der Waals surface area contributed by atoms with E-state index in [1.54, 1.807) is 12.3 Å². The molecule has 5 heteroatoms. The lowest BCUT2D eigenvalue weighted by molar-refractivity contribution is 0.0955. The van der Waals surface area contributed by atoms with Crippen molar-refractivity contribution >= 4 is 17.8 Å². The number of hydrazone groups is 1. The van der Waals surface area contributed by atoms with E-state index in [4.69, 9.17) is 0 Å². The normalized spacial score (nSPS) is 17.7. The van der Waals surface area contributed by atoms with E-state index in [1.165, 1.54) is 11.3 Å². The molecule has 0 saturated heterocycles. The molecule has 1 aliphatic rings. The molecule has 0 spiro atoms. The first kappa shape index (κ1) is 20.0. The average Bonchev–Trinajstić information content (AvgIpc) is 3.26. The Morgan fingerprint density at radius 1 is 1.10 bits per heavy atom. The summed E-state index contributed by atoms with van der Waals surface area (Å²) in [5, 5.41) is 4.21. The van der Waals surface area contributed by atoms with Crippen LogP contribution in [0.1, 0.15) is 54.6 Å². The number of aromatic nitrogens is 1. The maximum absolute atomic E-state index is 12.7. The fourth-order valence-electron chi connectivity index (χ4n) is 4.29. The third-order valence-corrected chi connectivity index (χ3v) is 6.07. The van der Waals surface area contributed by atoms with Gasteiger partial charge in [-0.25, -0.2) is 5.43 Å². The quantitative estimate of drug-likeness (QED) is 0.497. The molecule has 3 aromatic rings. The summed E-state index contributed by atoms with van der Waals surface area (Å²) < 4.78 is 1.92. The van der Waals surface area contributed by atoms with Gasteiger partial charge in [-0.1, -0.05) is 25.1 Å². The van der Waals surface area contributed by atoms with Gasteiger partial charge in [0, 0.05) is 30.7 Å². The highest BCUT2D eigenvalue weighted by Gasteiger charge is 2.33. The van der Waals surface area contributed by atoms with Crippen molar-refractivity contribution in [2.24, 2.45) is 5.10 Å². The van der Waals surface area contributed by atoms with Crippen LogP contribution in [-0.2, 0) is 0 Å². The number of para-hydroxylation sites is 1. The van der Waals surface area contributed by atoms with Gasteiger partial charge in [-0.2, -0.15) is 5.10 Å². The largest absolute Gasteiger partial charge is 0.369 e. The van der Waals surface area contributed by atoms with Crippen LogP contribution < -0.4 is 10.3 Å². The second kappa shape index (κ2) is 7.82. The predicted molar refractivity (Wildman–Crippen MR) is 123 cm³/mol. The highest BCUT2D eigenvalue weighted by molar-refractivity contribution is 5.98. The Bertz CT molecular complexity index is 1080. The van der Waals surface area contributed by atoms with E-state index < -0.39 is 0 Å². The van der Waals surface area contributed by atoms with Crippen molar-refractivity contribution in [1.82, 2.24) is 9.99 Å². The van der Waals surface area contributed by atoms with Crippen LogP contribution in [0.25, 0.3) is 5.69 Å². The molecule has 1 aromatic heterocycles. The smallest absolute Gasteiger partial charge is 0.273 e. The van der Waals surface area contributed by atoms with Crippen molar-refractivity contribution < 1.29 is 4.79 Å². The van der Waals surface area contributed by atoms with E-state index in [0.717, 1.165) is 17.7 Å². The van der Waals surface area contributed by atoms with Crippen molar-refractivity contribution in [3.8, 4) is 5.69 Å². The summed E-state index contributed by atoms with van der Waals surface area (Å²) in [6, 6.07) is 17.7. The lowest BCUT2D eigenvalue weighted by Gasteiger charge is -2.45. The highest BCUT2D eigenvalue weighted by Crippen LogP contribution is 2.42. The van der Waals surface area contributed by atoms with Crippen LogP contribution in [0.15, 0.2) is 72.1 Å². The summed E-state index contributed by atoms with van der Waals surface area (Å²) in [5.74, 6) is 0.242. The van der Waals surface area contributed by atoms with Crippen LogP contribution >= 0.6 is 0 Å². The van der Waals surface area contributed by atoms with Gasteiger partial charge in [-0.15, -0.1) is 0 Å². The van der Waals surface area contributed by atoms with E-state index in [9.17, 15) is 4.79 Å². The summed E-state index contributed by atoms with van der Waals surface area (Å²) in [4.78, 5) is 15.1. The zero-order chi connectivity index (χ0) is 21.3. The van der Waals surface area contributed by atoms with Gasteiger partial charge in [0.25, 0.3) is 5.91 Å². The number of hydrogen-bond donors (Lipinski definition) is 1. The van der Waals surface area contributed by atoms with Crippen LogP contribution in [0.3, 0.4) is 0 Å². The van der Waals surface area contributed by atoms with Crippen LogP contribution in [0.2, 0.25) is 0 Å². The molecule has 0 fully saturated rings. The van der Waals surface area contributed by atoms with Crippen molar-refractivity contribution in [1.29, 1.82) is 0 Å². The number of nitrogens with zero attached hydrogens (tertiary/aromatic N) is 3. The summed E-state index contributed by atoms with van der Waals surface area (Å²) in [7, 11) is 2.15. The molecule has 2 aromatic carbocycles. The molecule has 154 valence electrons. The maximum atomic E-state index is 12.7. The van der Waals surface area contributed by atoms with Crippen LogP contribution in [0.4, 0.5) is 5.69 Å². The first-order valence-corrected chi connectivity index (χ1v) is 10.3. The molecular formula is C25H28N4O. The molecule has 2 heterocycles. The Balaban J connectivity index is 1.51. The Morgan fingerprint density at radius 3 is 2.60 bits per heavy atom. The highest BCUT2D eigenvalue weighted by atomic mass is 16.2. The summed E-state index contributed by atoms with van der Waals surface area (Å²) in [6.45, 7) is 6.83. The minimum atomic E-state index is -0.233. The Morgan fingerprint density at radius 2 is 1.83 bits per heavy atom. The van der Waals surface area contributed by atoms with Gasteiger partial charge in [0.2, 0.25) is 0 Å². The van der Waals surface area contributed by atoms with Crippen molar-refractivity contribution in [2.75, 3.05) is 11.9 Å². The second-order valence-electron chi connectivity index (χ2n) is 8.60. The molecule has 0 radical (unpaired) electrons. The average molecular weight is 401 g/mol. The van der Waals surface area contributed by atoms with Crippen molar-refractivity contribution in [2.45, 2.75) is 38.6 Å². The van der Waals surface area contributed by atoms with Gasteiger partial charge >= 0.3 is 0 Å². The minimum absolute atomic E-state index is 0.142. The first-order chi connectivity index (χ1) is 14.4. The Labute approximate surface area is 178 Å². The topological polar surface area (TPSA) is 49.6 Å². The van der Waals surface area contributed by atoms with Crippen molar-refractivity contribution in [3.05, 3.63) is 83.7 Å². The zero-order valence-electron chi connectivity index (χ0n) is 18.0. The minimum Gasteiger partial charge on any atom is -0.369 e. The van der Waals surface area contributed by atoms with Gasteiger partial charge in [-0.3, -0.25) is 4.79 Å². The molecule has 0 aliphatic carbocycles. The van der Waals surface area contributed by atoms with Gasteiger partial charge in [0.1, 0.15) is 0 Å². The number of amides is 1. The standard InChI is InChI=1S/C25H28N4O/c1-18-16-25(2,3)28(4)22-12-11-19(15-21(18)22)17-26-27-24(30)20-9-5-6-10-23(20)29-13-7-8-14-29/h5-15,17-18H,16H2,1-4H3,(H,27,30)/b26-17-/t18-/m1/s1. The monoisotopic (exact) mass is 400 g/mol. The Hall–Kier alpha value is -3.34. The Kier molecular flexibility index (Phi) is 5.20. The van der Waals surface area contributed by atoms with E-state index in [1.807, 2.05) is 53.4 Å². The fraction of sp³-hybridized carbons (Fsp3) is 0.280. The summed E-state index contributed by atoms with van der Waals surface area (Å²) in [5.41, 5.74) is 7.78. The number of hydrogen-bond acceptors (Lipinski definition) is 3. The number of fused-ring (bicyclic) bond motifs is 1. The third-order valence-electron chi connectivity index (χ3n) is 6.07. The molecule has 0 unspecified atom stereocenters. The van der Waals surface area contributed by atoms with Crippen LogP contribution in [-0.4, -0.2) is 29.3 Å². The summed E-state index contributed by atoms with van der Waals surface area (Å²) in [6.07, 6.45) is 6.65. The second-order valence-corrected chi connectivity index (χ2v) is 8.60.